The number of rotatable bonds is 8. The summed E-state index contributed by atoms with van der Waals surface area (Å²) in [4.78, 5) is 39.9. The lowest BCUT2D eigenvalue weighted by Gasteiger charge is -2.21. The lowest BCUT2D eigenvalue weighted by atomic mass is 9.86. The number of nitrogens with zero attached hydrogens (tertiary/aromatic N) is 3. The molecule has 35 heavy (non-hydrogen) atoms. The van der Waals surface area contributed by atoms with Crippen molar-refractivity contribution < 1.29 is 23.8 Å². The predicted molar refractivity (Wildman–Crippen MR) is 127 cm³/mol. The molecule has 1 heterocycles. The van der Waals surface area contributed by atoms with E-state index in [-0.39, 0.29) is 41.2 Å². The van der Waals surface area contributed by atoms with E-state index in [9.17, 15) is 19.7 Å². The van der Waals surface area contributed by atoms with Gasteiger partial charge >= 0.3 is 5.97 Å². The number of amides is 1. The maximum atomic E-state index is 12.7. The fourth-order valence-electron chi connectivity index (χ4n) is 3.23. The van der Waals surface area contributed by atoms with E-state index in [1.165, 1.54) is 24.3 Å². The van der Waals surface area contributed by atoms with Crippen LogP contribution in [0.15, 0.2) is 53.1 Å². The summed E-state index contributed by atoms with van der Waals surface area (Å²) in [6, 6.07) is 12.0. The highest BCUT2D eigenvalue weighted by molar-refractivity contribution is 5.96. The molecule has 0 fully saturated rings. The van der Waals surface area contributed by atoms with E-state index in [0.717, 1.165) is 5.56 Å². The Morgan fingerprint density at radius 2 is 1.71 bits per heavy atom. The lowest BCUT2D eigenvalue weighted by molar-refractivity contribution is -0.384. The topological polar surface area (TPSA) is 137 Å². The number of carbonyl (C=O) groups is 2. The van der Waals surface area contributed by atoms with Gasteiger partial charge in [0.2, 0.25) is 5.82 Å². The molecule has 10 nitrogen and oxygen atoms in total. The fraction of sp³-hybridized carbons (Fsp3) is 0.360. The third kappa shape index (κ3) is 6.50. The number of hydrogen-bond donors (Lipinski definition) is 1. The molecule has 3 rings (SSSR count). The van der Waals surface area contributed by atoms with Crippen molar-refractivity contribution in [3.05, 3.63) is 75.7 Å². The first-order valence-electron chi connectivity index (χ1n) is 11.1. The minimum atomic E-state index is -0.873. The number of nitrogens with one attached hydrogen (secondary N) is 1. The first-order valence-corrected chi connectivity index (χ1v) is 11.1. The van der Waals surface area contributed by atoms with Crippen LogP contribution >= 0.6 is 0 Å². The van der Waals surface area contributed by atoms with E-state index in [0.29, 0.717) is 11.1 Å². The molecule has 1 N–H and O–H groups in total. The van der Waals surface area contributed by atoms with Gasteiger partial charge in [0.25, 0.3) is 17.5 Å². The number of nitro groups is 1. The number of esters is 1. The van der Waals surface area contributed by atoms with Gasteiger partial charge in [-0.05, 0) is 41.2 Å². The van der Waals surface area contributed by atoms with Gasteiger partial charge in [-0.25, -0.2) is 4.79 Å². The van der Waals surface area contributed by atoms with E-state index in [2.05, 4.69) is 36.2 Å². The first kappa shape index (κ1) is 25.5. The van der Waals surface area contributed by atoms with Crippen molar-refractivity contribution in [1.29, 1.82) is 0 Å². The van der Waals surface area contributed by atoms with Crippen molar-refractivity contribution in [3.63, 3.8) is 0 Å². The van der Waals surface area contributed by atoms with Gasteiger partial charge < -0.3 is 14.6 Å². The Morgan fingerprint density at radius 1 is 1.09 bits per heavy atom. The normalized spacial score (nSPS) is 12.3. The van der Waals surface area contributed by atoms with Crippen molar-refractivity contribution in [2.45, 2.75) is 52.7 Å². The molecule has 2 aromatic carbocycles. The molecule has 184 valence electrons. The summed E-state index contributed by atoms with van der Waals surface area (Å²) in [5, 5.41) is 17.3. The fourth-order valence-corrected chi connectivity index (χ4v) is 3.23. The zero-order chi connectivity index (χ0) is 25.8. The summed E-state index contributed by atoms with van der Waals surface area (Å²) in [5.41, 5.74) is 1.97. The lowest BCUT2D eigenvalue weighted by Crippen LogP contribution is -2.45. The van der Waals surface area contributed by atoms with Crippen LogP contribution in [0.2, 0.25) is 0 Å². The van der Waals surface area contributed by atoms with E-state index < -0.39 is 16.9 Å². The molecule has 0 spiro atoms. The monoisotopic (exact) mass is 480 g/mol. The molecule has 3 aromatic rings. The highest BCUT2D eigenvalue weighted by Crippen LogP contribution is 2.23. The van der Waals surface area contributed by atoms with Crippen LogP contribution in [0.25, 0.3) is 11.4 Å². The molecular weight excluding hydrogens is 452 g/mol. The van der Waals surface area contributed by atoms with Crippen LogP contribution in [0, 0.1) is 16.0 Å². The molecule has 0 saturated heterocycles. The molecular formula is C25H28N4O6. The van der Waals surface area contributed by atoms with Gasteiger partial charge in [0, 0.05) is 23.3 Å². The van der Waals surface area contributed by atoms with Gasteiger partial charge in [-0.15, -0.1) is 0 Å². The Bertz CT molecular complexity index is 1190. The molecule has 0 radical (unpaired) electrons. The smallest absolute Gasteiger partial charge is 0.329 e. The van der Waals surface area contributed by atoms with Gasteiger partial charge in [-0.2, -0.15) is 4.98 Å². The molecule has 1 aromatic heterocycles. The molecule has 10 heteroatoms. The number of ether oxygens (including phenoxy) is 1. The number of aromatic nitrogens is 2. The minimum Gasteiger partial charge on any atom is -0.454 e. The molecule has 0 unspecified atom stereocenters. The summed E-state index contributed by atoms with van der Waals surface area (Å²) >= 11 is 0. The van der Waals surface area contributed by atoms with E-state index >= 15 is 0 Å². The molecule has 1 amide bonds. The van der Waals surface area contributed by atoms with E-state index in [1.54, 1.807) is 26.0 Å². The molecule has 0 aliphatic rings. The second kappa shape index (κ2) is 10.5. The van der Waals surface area contributed by atoms with Crippen LogP contribution < -0.4 is 5.32 Å². The minimum absolute atomic E-state index is 0.0354. The Labute approximate surface area is 202 Å². The number of hydrogen-bond acceptors (Lipinski definition) is 8. The second-order valence-corrected chi connectivity index (χ2v) is 9.45. The molecule has 0 saturated carbocycles. The summed E-state index contributed by atoms with van der Waals surface area (Å²) in [7, 11) is 0. The summed E-state index contributed by atoms with van der Waals surface area (Å²) in [5.74, 6) is -0.968. The molecule has 1 atom stereocenters. The summed E-state index contributed by atoms with van der Waals surface area (Å²) < 4.78 is 10.4. The molecule has 0 aliphatic carbocycles. The standard InChI is InChI=1S/C25H28N4O6/c1-15(2)21(27-23(30)17-6-10-18(11-7-17)25(3,4)5)24(31)34-14-20-26-22(28-35-20)16-8-12-19(13-9-16)29(32)33/h6-13,15,21H,14H2,1-5H3,(H,27,30)/t21-/m0/s1. The van der Waals surface area contributed by atoms with Gasteiger partial charge in [0.15, 0.2) is 6.61 Å². The highest BCUT2D eigenvalue weighted by atomic mass is 16.6. The highest BCUT2D eigenvalue weighted by Gasteiger charge is 2.27. The van der Waals surface area contributed by atoms with Crippen molar-refractivity contribution in [2.75, 3.05) is 0 Å². The van der Waals surface area contributed by atoms with E-state index in [4.69, 9.17) is 9.26 Å². The van der Waals surface area contributed by atoms with Gasteiger partial charge in [-0.1, -0.05) is 51.9 Å². The van der Waals surface area contributed by atoms with Crippen molar-refractivity contribution in [3.8, 4) is 11.4 Å². The van der Waals surface area contributed by atoms with Crippen LogP contribution in [-0.4, -0.2) is 33.0 Å². The number of non-ortho nitro benzene ring substituents is 1. The predicted octanol–water partition coefficient (Wildman–Crippen LogP) is 4.44. The largest absolute Gasteiger partial charge is 0.454 e. The first-order chi connectivity index (χ1) is 16.5. The maximum Gasteiger partial charge on any atom is 0.329 e. The van der Waals surface area contributed by atoms with Crippen LogP contribution in [0.5, 0.6) is 0 Å². The zero-order valence-corrected chi connectivity index (χ0v) is 20.3. The average molecular weight is 481 g/mol. The third-order valence-electron chi connectivity index (χ3n) is 5.36. The van der Waals surface area contributed by atoms with Crippen LogP contribution in [0.1, 0.15) is 56.4 Å². The third-order valence-corrected chi connectivity index (χ3v) is 5.36. The van der Waals surface area contributed by atoms with Gasteiger partial charge in [0.1, 0.15) is 6.04 Å². The van der Waals surface area contributed by atoms with E-state index in [1.807, 2.05) is 12.1 Å². The Morgan fingerprint density at radius 3 is 2.26 bits per heavy atom. The van der Waals surface area contributed by atoms with Gasteiger partial charge in [0.05, 0.1) is 4.92 Å². The summed E-state index contributed by atoms with van der Waals surface area (Å²) in [6.07, 6.45) is 0. The number of nitro benzene ring substituents is 1. The quantitative estimate of drug-likeness (QED) is 0.284. The van der Waals surface area contributed by atoms with Crippen molar-refractivity contribution in [2.24, 2.45) is 5.92 Å². The SMILES string of the molecule is CC(C)[C@H](NC(=O)c1ccc(C(C)(C)C)cc1)C(=O)OCc1nc(-c2ccc([N+](=O)[O-])cc2)no1. The van der Waals surface area contributed by atoms with Crippen molar-refractivity contribution in [1.82, 2.24) is 15.5 Å². The average Bonchev–Trinajstić information content (AvgIpc) is 3.29. The Kier molecular flexibility index (Phi) is 7.63. The molecule has 0 aliphatic heterocycles. The zero-order valence-electron chi connectivity index (χ0n) is 20.3. The number of benzene rings is 2. The molecule has 0 bridgehead atoms. The second-order valence-electron chi connectivity index (χ2n) is 9.45. The number of carbonyl (C=O) groups excluding carboxylic acids is 2. The van der Waals surface area contributed by atoms with Crippen LogP contribution in [-0.2, 0) is 21.6 Å². The summed E-state index contributed by atoms with van der Waals surface area (Å²) in [6.45, 7) is 9.59. The van der Waals surface area contributed by atoms with Gasteiger partial charge in [-0.3, -0.25) is 14.9 Å². The maximum absolute atomic E-state index is 12.7. The van der Waals surface area contributed by atoms with Crippen molar-refractivity contribution >= 4 is 17.6 Å². The Hall–Kier alpha value is -4.08. The Balaban J connectivity index is 1.61. The van der Waals surface area contributed by atoms with Crippen LogP contribution in [0.4, 0.5) is 5.69 Å². The van der Waals surface area contributed by atoms with Crippen LogP contribution in [0.3, 0.4) is 0 Å².